The van der Waals surface area contributed by atoms with Crippen LogP contribution in [0.25, 0.3) is 5.57 Å². The Morgan fingerprint density at radius 3 is 2.27 bits per heavy atom. The van der Waals surface area contributed by atoms with E-state index in [1.165, 1.54) is 7.11 Å². The van der Waals surface area contributed by atoms with Gasteiger partial charge < -0.3 is 9.47 Å². The van der Waals surface area contributed by atoms with Crippen LogP contribution in [-0.4, -0.2) is 25.0 Å². The fraction of sp³-hybridized carbons (Fsp3) is 0.200. The minimum Gasteiger partial charge on any atom is -0.497 e. The summed E-state index contributed by atoms with van der Waals surface area (Å²) in [6.45, 7) is 3.86. The standard InChI is InChI=1S/C20H18ClNO4/c1-12(2)26-15-9-7-13(8-10-15)17-18(21)20(24)22(19(17)23)14-5-4-6-16(11-14)25-3/h4-12H,1-3H3. The zero-order chi connectivity index (χ0) is 18.8. The lowest BCUT2D eigenvalue weighted by molar-refractivity contribution is -0.119. The lowest BCUT2D eigenvalue weighted by atomic mass is 10.1. The number of imide groups is 1. The number of amides is 2. The Bertz CT molecular complexity index is 887. The molecule has 0 atom stereocenters. The predicted octanol–water partition coefficient (Wildman–Crippen LogP) is 4.01. The Morgan fingerprint density at radius 1 is 0.962 bits per heavy atom. The third-order valence-corrected chi connectivity index (χ3v) is 4.20. The van der Waals surface area contributed by atoms with E-state index in [0.717, 1.165) is 4.90 Å². The van der Waals surface area contributed by atoms with Crippen LogP contribution in [0.1, 0.15) is 19.4 Å². The maximum Gasteiger partial charge on any atom is 0.277 e. The largest absolute Gasteiger partial charge is 0.497 e. The molecule has 0 unspecified atom stereocenters. The lowest BCUT2D eigenvalue weighted by Gasteiger charge is -2.16. The highest BCUT2D eigenvalue weighted by Gasteiger charge is 2.39. The number of ether oxygens (including phenoxy) is 2. The molecule has 0 spiro atoms. The van der Waals surface area contributed by atoms with Gasteiger partial charge in [0.05, 0.1) is 24.5 Å². The lowest BCUT2D eigenvalue weighted by Crippen LogP contribution is -2.31. The molecule has 5 nitrogen and oxygen atoms in total. The number of halogens is 1. The second-order valence-electron chi connectivity index (χ2n) is 6.03. The molecule has 2 amide bonds. The van der Waals surface area contributed by atoms with Crippen molar-refractivity contribution >= 4 is 34.7 Å². The summed E-state index contributed by atoms with van der Waals surface area (Å²) in [6, 6.07) is 13.6. The first kappa shape index (κ1) is 18.0. The second kappa shape index (κ2) is 7.22. The van der Waals surface area contributed by atoms with Crippen LogP contribution in [0, 0.1) is 0 Å². The van der Waals surface area contributed by atoms with Crippen molar-refractivity contribution in [2.45, 2.75) is 20.0 Å². The van der Waals surface area contributed by atoms with Crippen molar-refractivity contribution in [3.05, 3.63) is 59.1 Å². The van der Waals surface area contributed by atoms with E-state index in [0.29, 0.717) is 22.7 Å². The Morgan fingerprint density at radius 2 is 1.65 bits per heavy atom. The molecule has 1 aliphatic rings. The zero-order valence-corrected chi connectivity index (χ0v) is 15.4. The van der Waals surface area contributed by atoms with E-state index in [1.807, 2.05) is 13.8 Å². The third-order valence-electron chi connectivity index (χ3n) is 3.85. The average molecular weight is 372 g/mol. The van der Waals surface area contributed by atoms with E-state index in [9.17, 15) is 9.59 Å². The maximum absolute atomic E-state index is 12.9. The number of hydrogen-bond acceptors (Lipinski definition) is 4. The van der Waals surface area contributed by atoms with Crippen LogP contribution in [0.5, 0.6) is 11.5 Å². The van der Waals surface area contributed by atoms with Crippen LogP contribution in [0.15, 0.2) is 53.6 Å². The van der Waals surface area contributed by atoms with Gasteiger partial charge in [-0.2, -0.15) is 0 Å². The van der Waals surface area contributed by atoms with Gasteiger partial charge in [0.15, 0.2) is 0 Å². The monoisotopic (exact) mass is 371 g/mol. The van der Waals surface area contributed by atoms with Crippen molar-refractivity contribution in [2.24, 2.45) is 0 Å². The van der Waals surface area contributed by atoms with Crippen LogP contribution in [0.3, 0.4) is 0 Å². The summed E-state index contributed by atoms with van der Waals surface area (Å²) in [5.74, 6) is 0.206. The van der Waals surface area contributed by atoms with Gasteiger partial charge in [-0.1, -0.05) is 29.8 Å². The normalized spacial score (nSPS) is 14.4. The Balaban J connectivity index is 1.93. The highest BCUT2D eigenvalue weighted by Crippen LogP contribution is 2.36. The molecule has 1 aliphatic heterocycles. The fourth-order valence-electron chi connectivity index (χ4n) is 2.71. The molecule has 0 bridgehead atoms. The minimum atomic E-state index is -0.553. The van der Waals surface area contributed by atoms with Crippen molar-refractivity contribution in [3.8, 4) is 11.5 Å². The summed E-state index contributed by atoms with van der Waals surface area (Å²) in [5, 5.41) is -0.102. The van der Waals surface area contributed by atoms with E-state index in [2.05, 4.69) is 0 Å². The third kappa shape index (κ3) is 3.30. The van der Waals surface area contributed by atoms with Gasteiger partial charge in [0, 0.05) is 6.07 Å². The Hall–Kier alpha value is -2.79. The number of carbonyl (C=O) groups excluding carboxylic acids is 2. The first-order valence-corrected chi connectivity index (χ1v) is 8.50. The molecule has 1 heterocycles. The quantitative estimate of drug-likeness (QED) is 0.745. The maximum atomic E-state index is 12.9. The van der Waals surface area contributed by atoms with Crippen molar-refractivity contribution in [2.75, 3.05) is 12.0 Å². The number of benzene rings is 2. The number of hydrogen-bond donors (Lipinski definition) is 0. The topological polar surface area (TPSA) is 55.8 Å². The predicted molar refractivity (Wildman–Crippen MR) is 100 cm³/mol. The van der Waals surface area contributed by atoms with Gasteiger partial charge >= 0.3 is 0 Å². The van der Waals surface area contributed by atoms with Gasteiger partial charge in [0.25, 0.3) is 11.8 Å². The molecule has 2 aromatic rings. The molecular formula is C20H18ClNO4. The van der Waals surface area contributed by atoms with Crippen molar-refractivity contribution in [1.82, 2.24) is 0 Å². The number of carbonyl (C=O) groups is 2. The molecule has 26 heavy (non-hydrogen) atoms. The Kier molecular flexibility index (Phi) is 5.00. The smallest absolute Gasteiger partial charge is 0.277 e. The molecule has 6 heteroatoms. The molecule has 2 aromatic carbocycles. The average Bonchev–Trinajstić information content (AvgIpc) is 2.84. The molecule has 0 radical (unpaired) electrons. The van der Waals surface area contributed by atoms with Gasteiger partial charge in [0.1, 0.15) is 16.5 Å². The van der Waals surface area contributed by atoms with Crippen LogP contribution in [-0.2, 0) is 9.59 Å². The molecule has 0 N–H and O–H groups in total. The van der Waals surface area contributed by atoms with E-state index in [4.69, 9.17) is 21.1 Å². The zero-order valence-electron chi connectivity index (χ0n) is 14.7. The summed E-state index contributed by atoms with van der Waals surface area (Å²) in [7, 11) is 1.52. The van der Waals surface area contributed by atoms with E-state index < -0.39 is 11.8 Å². The number of nitrogens with zero attached hydrogens (tertiary/aromatic N) is 1. The molecule has 0 saturated carbocycles. The molecule has 3 rings (SSSR count). The first-order valence-electron chi connectivity index (χ1n) is 8.12. The summed E-state index contributed by atoms with van der Waals surface area (Å²) in [5.41, 5.74) is 1.15. The van der Waals surface area contributed by atoms with E-state index in [-0.39, 0.29) is 16.7 Å². The summed E-state index contributed by atoms with van der Waals surface area (Å²) < 4.78 is 10.8. The molecular weight excluding hydrogens is 354 g/mol. The number of rotatable bonds is 5. The van der Waals surface area contributed by atoms with Crippen LogP contribution >= 0.6 is 11.6 Å². The summed E-state index contributed by atoms with van der Waals surface area (Å²) >= 11 is 6.21. The van der Waals surface area contributed by atoms with Gasteiger partial charge in [0.2, 0.25) is 0 Å². The Labute approximate surface area is 156 Å². The second-order valence-corrected chi connectivity index (χ2v) is 6.41. The molecule has 0 aromatic heterocycles. The van der Waals surface area contributed by atoms with Crippen LogP contribution < -0.4 is 14.4 Å². The van der Waals surface area contributed by atoms with Crippen LogP contribution in [0.2, 0.25) is 0 Å². The highest BCUT2D eigenvalue weighted by atomic mass is 35.5. The van der Waals surface area contributed by atoms with Gasteiger partial charge in [-0.25, -0.2) is 4.90 Å². The first-order chi connectivity index (χ1) is 12.4. The van der Waals surface area contributed by atoms with Crippen LogP contribution in [0.4, 0.5) is 5.69 Å². The van der Waals surface area contributed by atoms with Crippen molar-refractivity contribution < 1.29 is 19.1 Å². The highest BCUT2D eigenvalue weighted by molar-refractivity contribution is 6.60. The molecule has 134 valence electrons. The van der Waals surface area contributed by atoms with Gasteiger partial charge in [-0.15, -0.1) is 0 Å². The molecule has 0 fully saturated rings. The summed E-state index contributed by atoms with van der Waals surface area (Å²) in [4.78, 5) is 26.5. The van der Waals surface area contributed by atoms with E-state index >= 15 is 0 Å². The van der Waals surface area contributed by atoms with Gasteiger partial charge in [-0.3, -0.25) is 9.59 Å². The van der Waals surface area contributed by atoms with Crippen molar-refractivity contribution in [3.63, 3.8) is 0 Å². The van der Waals surface area contributed by atoms with E-state index in [1.54, 1.807) is 48.5 Å². The molecule has 0 aliphatic carbocycles. The number of anilines is 1. The van der Waals surface area contributed by atoms with Gasteiger partial charge in [-0.05, 0) is 43.7 Å². The fourth-order valence-corrected chi connectivity index (χ4v) is 2.98. The molecule has 0 saturated heterocycles. The van der Waals surface area contributed by atoms with Crippen molar-refractivity contribution in [1.29, 1.82) is 0 Å². The SMILES string of the molecule is COc1cccc(N2C(=O)C(Cl)=C(c3ccc(OC(C)C)cc3)C2=O)c1. The number of methoxy groups -OCH3 is 1. The summed E-state index contributed by atoms with van der Waals surface area (Å²) in [6.07, 6.45) is 0.0434. The minimum absolute atomic E-state index is 0.0434.